The maximum Gasteiger partial charge on any atom is 0.348 e. The summed E-state index contributed by atoms with van der Waals surface area (Å²) in [7, 11) is 1.28. The highest BCUT2D eigenvalue weighted by Crippen LogP contribution is 2.33. The van der Waals surface area contributed by atoms with Gasteiger partial charge < -0.3 is 10.1 Å². The fourth-order valence-electron chi connectivity index (χ4n) is 1.90. The molecule has 5 nitrogen and oxygen atoms in total. The van der Waals surface area contributed by atoms with Gasteiger partial charge in [0.2, 0.25) is 0 Å². The molecule has 22 heavy (non-hydrogen) atoms. The third kappa shape index (κ3) is 3.00. The summed E-state index contributed by atoms with van der Waals surface area (Å²) in [6.07, 6.45) is 0. The van der Waals surface area contributed by atoms with Crippen molar-refractivity contribution in [3.63, 3.8) is 0 Å². The van der Waals surface area contributed by atoms with E-state index in [-0.39, 0.29) is 11.5 Å². The zero-order valence-electron chi connectivity index (χ0n) is 12.4. The van der Waals surface area contributed by atoms with E-state index in [9.17, 15) is 14.9 Å². The molecule has 0 aliphatic heterocycles. The fourth-order valence-corrected chi connectivity index (χ4v) is 2.97. The summed E-state index contributed by atoms with van der Waals surface area (Å²) < 4.78 is 4.68. The van der Waals surface area contributed by atoms with Crippen molar-refractivity contribution in [1.29, 1.82) is 5.26 Å². The predicted octanol–water partition coefficient (Wildman–Crippen LogP) is 3.28. The minimum absolute atomic E-state index is 0.283. The first kappa shape index (κ1) is 15.7. The maximum atomic E-state index is 12.2. The largest absolute Gasteiger partial charge is 0.465 e. The number of ether oxygens (including phenoxy) is 1. The first-order chi connectivity index (χ1) is 10.5. The zero-order chi connectivity index (χ0) is 16.3. The molecule has 1 aromatic heterocycles. The summed E-state index contributed by atoms with van der Waals surface area (Å²) in [5.41, 5.74) is 2.33. The number of methoxy groups -OCH3 is 1. The van der Waals surface area contributed by atoms with Crippen molar-refractivity contribution in [2.75, 3.05) is 12.4 Å². The van der Waals surface area contributed by atoms with Crippen LogP contribution in [0, 0.1) is 25.2 Å². The van der Waals surface area contributed by atoms with Crippen LogP contribution >= 0.6 is 11.3 Å². The standard InChI is InChI=1S/C16H14N2O3S/c1-9-4-6-11(7-5-9)14(19)18-15-12(8-17)10(2)13(22-15)16(20)21-3/h4-7H,1-3H3,(H,18,19). The van der Waals surface area contributed by atoms with Crippen LogP contribution in [0.1, 0.15) is 36.7 Å². The number of hydrogen-bond donors (Lipinski definition) is 1. The van der Waals surface area contributed by atoms with Gasteiger partial charge in [-0.25, -0.2) is 4.79 Å². The number of nitrogens with zero attached hydrogens (tertiary/aromatic N) is 1. The van der Waals surface area contributed by atoms with E-state index in [1.54, 1.807) is 19.1 Å². The molecule has 0 fully saturated rings. The van der Waals surface area contributed by atoms with Gasteiger partial charge in [-0.2, -0.15) is 5.26 Å². The molecule has 0 unspecified atom stereocenters. The fraction of sp³-hybridized carbons (Fsp3) is 0.188. The number of thiophene rings is 1. The minimum Gasteiger partial charge on any atom is -0.465 e. The van der Waals surface area contributed by atoms with Crippen LogP contribution < -0.4 is 5.32 Å². The number of esters is 1. The second-order valence-corrected chi connectivity index (χ2v) is 5.70. The first-order valence-electron chi connectivity index (χ1n) is 6.47. The number of carbonyl (C=O) groups excluding carboxylic acids is 2. The van der Waals surface area contributed by atoms with E-state index in [4.69, 9.17) is 0 Å². The highest BCUT2D eigenvalue weighted by molar-refractivity contribution is 7.18. The van der Waals surface area contributed by atoms with Crippen molar-refractivity contribution in [3.8, 4) is 6.07 Å². The third-order valence-electron chi connectivity index (χ3n) is 3.17. The van der Waals surface area contributed by atoms with Crippen LogP contribution in [0.25, 0.3) is 0 Å². The Labute approximate surface area is 132 Å². The molecule has 0 aliphatic carbocycles. The smallest absolute Gasteiger partial charge is 0.348 e. The van der Waals surface area contributed by atoms with E-state index in [0.717, 1.165) is 16.9 Å². The van der Waals surface area contributed by atoms with Gasteiger partial charge >= 0.3 is 5.97 Å². The van der Waals surface area contributed by atoms with E-state index in [1.165, 1.54) is 7.11 Å². The lowest BCUT2D eigenvalue weighted by Crippen LogP contribution is -2.11. The van der Waals surface area contributed by atoms with Gasteiger partial charge in [-0.15, -0.1) is 11.3 Å². The number of nitriles is 1. The number of carbonyl (C=O) groups is 2. The van der Waals surface area contributed by atoms with Crippen molar-refractivity contribution < 1.29 is 14.3 Å². The van der Waals surface area contributed by atoms with Gasteiger partial charge in [0.15, 0.2) is 0 Å². The SMILES string of the molecule is COC(=O)c1sc(NC(=O)c2ccc(C)cc2)c(C#N)c1C. The number of amides is 1. The number of rotatable bonds is 3. The van der Waals surface area contributed by atoms with E-state index in [0.29, 0.717) is 21.0 Å². The summed E-state index contributed by atoms with van der Waals surface area (Å²) >= 11 is 1.04. The lowest BCUT2D eigenvalue weighted by atomic mass is 10.1. The van der Waals surface area contributed by atoms with Crippen LogP contribution in [0.5, 0.6) is 0 Å². The lowest BCUT2D eigenvalue weighted by Gasteiger charge is -2.03. The molecule has 0 atom stereocenters. The molecule has 2 rings (SSSR count). The minimum atomic E-state index is -0.519. The molecule has 0 aliphatic rings. The van der Waals surface area contributed by atoms with Gasteiger partial charge in [0.05, 0.1) is 12.7 Å². The Morgan fingerprint density at radius 1 is 1.23 bits per heavy atom. The number of hydrogen-bond acceptors (Lipinski definition) is 5. The Bertz CT molecular complexity index is 770. The van der Waals surface area contributed by atoms with Gasteiger partial charge in [0.25, 0.3) is 5.91 Å². The summed E-state index contributed by atoms with van der Waals surface area (Å²) in [5, 5.41) is 12.3. The molecule has 1 heterocycles. The molecular weight excluding hydrogens is 300 g/mol. The molecular formula is C16H14N2O3S. The van der Waals surface area contributed by atoms with Gasteiger partial charge in [-0.3, -0.25) is 4.79 Å². The maximum absolute atomic E-state index is 12.2. The first-order valence-corrected chi connectivity index (χ1v) is 7.29. The van der Waals surface area contributed by atoms with E-state index in [2.05, 4.69) is 10.1 Å². The van der Waals surface area contributed by atoms with Gasteiger partial charge in [-0.05, 0) is 31.5 Å². The number of anilines is 1. The van der Waals surface area contributed by atoms with E-state index < -0.39 is 5.97 Å². The molecule has 112 valence electrons. The predicted molar refractivity (Wildman–Crippen MR) is 84.2 cm³/mol. The summed E-state index contributed by atoms with van der Waals surface area (Å²) in [4.78, 5) is 24.2. The molecule has 0 radical (unpaired) electrons. The third-order valence-corrected chi connectivity index (χ3v) is 4.36. The van der Waals surface area contributed by atoms with Crippen molar-refractivity contribution in [3.05, 3.63) is 51.4 Å². The quantitative estimate of drug-likeness (QED) is 0.882. The van der Waals surface area contributed by atoms with Crippen LogP contribution in [0.3, 0.4) is 0 Å². The summed E-state index contributed by atoms with van der Waals surface area (Å²) in [6.45, 7) is 3.59. The zero-order valence-corrected chi connectivity index (χ0v) is 13.2. The van der Waals surface area contributed by atoms with Crippen molar-refractivity contribution in [1.82, 2.24) is 0 Å². The highest BCUT2D eigenvalue weighted by atomic mass is 32.1. The second kappa shape index (κ2) is 6.41. The van der Waals surface area contributed by atoms with E-state index >= 15 is 0 Å². The average Bonchev–Trinajstić information content (AvgIpc) is 2.82. The molecule has 6 heteroatoms. The molecule has 0 bridgehead atoms. The van der Waals surface area contributed by atoms with Crippen molar-refractivity contribution in [2.24, 2.45) is 0 Å². The van der Waals surface area contributed by atoms with Gasteiger partial charge in [-0.1, -0.05) is 17.7 Å². The Morgan fingerprint density at radius 2 is 1.86 bits per heavy atom. The van der Waals surface area contributed by atoms with Crippen LogP contribution in [0.2, 0.25) is 0 Å². The van der Waals surface area contributed by atoms with Crippen LogP contribution in [0.15, 0.2) is 24.3 Å². The molecule has 1 aromatic carbocycles. The van der Waals surface area contributed by atoms with Gasteiger partial charge in [0, 0.05) is 5.56 Å². The van der Waals surface area contributed by atoms with Crippen molar-refractivity contribution in [2.45, 2.75) is 13.8 Å². The Morgan fingerprint density at radius 3 is 2.41 bits per heavy atom. The van der Waals surface area contributed by atoms with Crippen molar-refractivity contribution >= 4 is 28.2 Å². The molecule has 0 saturated heterocycles. The summed E-state index contributed by atoms with van der Waals surface area (Å²) in [5.74, 6) is -0.844. The Kier molecular flexibility index (Phi) is 4.59. The lowest BCUT2D eigenvalue weighted by molar-refractivity contribution is 0.0605. The highest BCUT2D eigenvalue weighted by Gasteiger charge is 2.22. The Hall–Kier alpha value is -2.65. The van der Waals surface area contributed by atoms with Crippen LogP contribution in [0.4, 0.5) is 5.00 Å². The van der Waals surface area contributed by atoms with Crippen LogP contribution in [-0.2, 0) is 4.74 Å². The normalized spacial score (nSPS) is 9.91. The van der Waals surface area contributed by atoms with E-state index in [1.807, 2.05) is 25.1 Å². The molecule has 0 spiro atoms. The Balaban J connectivity index is 2.33. The number of aryl methyl sites for hydroxylation is 1. The van der Waals surface area contributed by atoms with Gasteiger partial charge in [0.1, 0.15) is 15.9 Å². The number of nitrogens with one attached hydrogen (secondary N) is 1. The number of benzene rings is 1. The summed E-state index contributed by atoms with van der Waals surface area (Å²) in [6, 6.07) is 9.10. The molecule has 1 N–H and O–H groups in total. The average molecular weight is 314 g/mol. The monoisotopic (exact) mass is 314 g/mol. The molecule has 0 saturated carbocycles. The molecule has 2 aromatic rings. The second-order valence-electron chi connectivity index (χ2n) is 4.68. The van der Waals surface area contributed by atoms with Crippen LogP contribution in [-0.4, -0.2) is 19.0 Å². The molecule has 1 amide bonds. The topological polar surface area (TPSA) is 79.2 Å².